The second-order valence-electron chi connectivity index (χ2n) is 4.64. The number of carbonyl (C=O) groups is 1. The van der Waals surface area contributed by atoms with Crippen molar-refractivity contribution in [3.05, 3.63) is 54.1 Å². The minimum atomic E-state index is -0.194. The van der Waals surface area contributed by atoms with Gasteiger partial charge in [-0.15, -0.1) is 0 Å². The molecule has 20 heavy (non-hydrogen) atoms. The minimum absolute atomic E-state index is 0.194. The van der Waals surface area contributed by atoms with Gasteiger partial charge >= 0.3 is 0 Å². The average molecular weight is 287 g/mol. The van der Waals surface area contributed by atoms with E-state index in [1.807, 2.05) is 48.6 Å². The number of nitrogens with one attached hydrogen (secondary N) is 3. The summed E-state index contributed by atoms with van der Waals surface area (Å²) in [7, 11) is 0. The summed E-state index contributed by atoms with van der Waals surface area (Å²) in [6.45, 7) is 2.07. The molecule has 1 aliphatic rings. The number of hydrogen-bond acceptors (Lipinski definition) is 3. The van der Waals surface area contributed by atoms with Crippen LogP contribution < -0.4 is 16.2 Å². The van der Waals surface area contributed by atoms with Crippen molar-refractivity contribution in [3.8, 4) is 0 Å². The summed E-state index contributed by atoms with van der Waals surface area (Å²) in [5.74, 6) is 0.185. The van der Waals surface area contributed by atoms with Crippen molar-refractivity contribution in [1.82, 2.24) is 10.7 Å². The summed E-state index contributed by atoms with van der Waals surface area (Å²) < 4.78 is 0. The molecule has 5 heteroatoms. The van der Waals surface area contributed by atoms with Crippen molar-refractivity contribution >= 4 is 28.9 Å². The highest BCUT2D eigenvalue weighted by Gasteiger charge is 2.12. The van der Waals surface area contributed by atoms with Gasteiger partial charge in [0.25, 0.3) is 5.91 Å². The molecule has 2 rings (SSSR count). The van der Waals surface area contributed by atoms with Gasteiger partial charge in [0.05, 0.1) is 5.69 Å². The average Bonchev–Trinajstić information content (AvgIpc) is 2.46. The van der Waals surface area contributed by atoms with E-state index in [-0.39, 0.29) is 11.0 Å². The maximum absolute atomic E-state index is 12.0. The smallest absolute Gasteiger partial charge is 0.257 e. The maximum atomic E-state index is 12.0. The largest absolute Gasteiger partial charge is 0.299 e. The Morgan fingerprint density at radius 2 is 2.05 bits per heavy atom. The number of benzene rings is 1. The Bertz CT molecular complexity index is 551. The lowest BCUT2D eigenvalue weighted by molar-refractivity contribution is -0.115. The van der Waals surface area contributed by atoms with Gasteiger partial charge in [0.15, 0.2) is 5.11 Å². The van der Waals surface area contributed by atoms with E-state index in [0.29, 0.717) is 11.5 Å². The first kappa shape index (κ1) is 14.3. The quantitative estimate of drug-likeness (QED) is 0.591. The molecule has 0 spiro atoms. The standard InChI is InChI=1S/C15H17N3OS/c1-11-6-5-7-12(10-11)14(19)16-15(20)18-17-13-8-3-2-4-9-13/h2-5,7-11,17H,6H2,1H3,(H2,16,18,19,20). The monoisotopic (exact) mass is 287 g/mol. The zero-order chi connectivity index (χ0) is 14.4. The van der Waals surface area contributed by atoms with Gasteiger partial charge in [0.1, 0.15) is 0 Å². The molecule has 0 saturated carbocycles. The first-order valence-electron chi connectivity index (χ1n) is 6.46. The molecule has 0 saturated heterocycles. The van der Waals surface area contributed by atoms with Crippen LogP contribution in [0.25, 0.3) is 0 Å². The molecule has 1 aliphatic carbocycles. The Labute approximate surface area is 123 Å². The number of rotatable bonds is 3. The Balaban J connectivity index is 1.82. The van der Waals surface area contributed by atoms with E-state index in [1.54, 1.807) is 0 Å². The molecule has 0 heterocycles. The van der Waals surface area contributed by atoms with Gasteiger partial charge in [-0.25, -0.2) is 0 Å². The van der Waals surface area contributed by atoms with Crippen molar-refractivity contribution in [2.24, 2.45) is 5.92 Å². The molecular formula is C15H17N3OS. The van der Waals surface area contributed by atoms with Gasteiger partial charge in [0, 0.05) is 5.57 Å². The van der Waals surface area contributed by atoms with Gasteiger partial charge in [-0.3, -0.25) is 21.0 Å². The van der Waals surface area contributed by atoms with Crippen LogP contribution in [0.3, 0.4) is 0 Å². The van der Waals surface area contributed by atoms with Crippen molar-refractivity contribution < 1.29 is 4.79 Å². The summed E-state index contributed by atoms with van der Waals surface area (Å²) in [5.41, 5.74) is 7.21. The Hall–Kier alpha value is -2.14. The summed E-state index contributed by atoms with van der Waals surface area (Å²) in [6.07, 6.45) is 6.73. The molecule has 1 amide bonds. The van der Waals surface area contributed by atoms with Crippen LogP contribution in [0.4, 0.5) is 5.69 Å². The third-order valence-electron chi connectivity index (χ3n) is 2.85. The number of amides is 1. The lowest BCUT2D eigenvalue weighted by atomic mass is 9.98. The van der Waals surface area contributed by atoms with E-state index in [4.69, 9.17) is 12.2 Å². The van der Waals surface area contributed by atoms with Gasteiger partial charge in [-0.2, -0.15) is 0 Å². The molecule has 0 bridgehead atoms. The van der Waals surface area contributed by atoms with Crippen molar-refractivity contribution in [3.63, 3.8) is 0 Å². The topological polar surface area (TPSA) is 53.2 Å². The van der Waals surface area contributed by atoms with E-state index in [2.05, 4.69) is 23.1 Å². The predicted molar refractivity (Wildman–Crippen MR) is 84.9 cm³/mol. The second kappa shape index (κ2) is 6.86. The van der Waals surface area contributed by atoms with Crippen LogP contribution in [0.2, 0.25) is 0 Å². The van der Waals surface area contributed by atoms with Gasteiger partial charge in [0.2, 0.25) is 0 Å². The van der Waals surface area contributed by atoms with Gasteiger partial charge in [-0.05, 0) is 36.7 Å². The molecular weight excluding hydrogens is 270 g/mol. The number of hydrogen-bond donors (Lipinski definition) is 3. The highest BCUT2D eigenvalue weighted by Crippen LogP contribution is 2.15. The predicted octanol–water partition coefficient (Wildman–Crippen LogP) is 2.53. The van der Waals surface area contributed by atoms with Crippen molar-refractivity contribution in [2.75, 3.05) is 5.43 Å². The fraction of sp³-hybridized carbons (Fsp3) is 0.200. The van der Waals surface area contributed by atoms with E-state index < -0.39 is 0 Å². The Morgan fingerprint density at radius 3 is 2.75 bits per heavy atom. The maximum Gasteiger partial charge on any atom is 0.257 e. The molecule has 1 aromatic carbocycles. The summed E-state index contributed by atoms with van der Waals surface area (Å²) >= 11 is 5.07. The summed E-state index contributed by atoms with van der Waals surface area (Å²) in [6, 6.07) is 9.53. The molecule has 0 aromatic heterocycles. The van der Waals surface area contributed by atoms with Crippen molar-refractivity contribution in [1.29, 1.82) is 0 Å². The molecule has 1 unspecified atom stereocenters. The number of hydrazine groups is 1. The Kier molecular flexibility index (Phi) is 4.90. The molecule has 0 aliphatic heterocycles. The first-order valence-corrected chi connectivity index (χ1v) is 6.87. The van der Waals surface area contributed by atoms with Crippen LogP contribution in [-0.4, -0.2) is 11.0 Å². The SMILES string of the molecule is CC1C=C(C(=O)NC(=S)NNc2ccccc2)C=CC1. The van der Waals surface area contributed by atoms with Gasteiger partial charge < -0.3 is 0 Å². The molecule has 0 fully saturated rings. The van der Waals surface area contributed by atoms with E-state index >= 15 is 0 Å². The van der Waals surface area contributed by atoms with Crippen LogP contribution in [0.1, 0.15) is 13.3 Å². The molecule has 3 N–H and O–H groups in total. The molecule has 0 radical (unpaired) electrons. The lowest BCUT2D eigenvalue weighted by Gasteiger charge is -2.14. The fourth-order valence-electron chi connectivity index (χ4n) is 1.85. The molecule has 104 valence electrons. The molecule has 4 nitrogen and oxygen atoms in total. The third-order valence-corrected chi connectivity index (χ3v) is 3.06. The molecule has 1 aromatic rings. The number of allylic oxidation sites excluding steroid dienone is 2. The zero-order valence-electron chi connectivity index (χ0n) is 11.2. The summed E-state index contributed by atoms with van der Waals surface area (Å²) in [5, 5.41) is 2.88. The number of thiocarbonyl (C=S) groups is 1. The normalized spacial score (nSPS) is 17.1. The number of para-hydroxylation sites is 1. The van der Waals surface area contributed by atoms with Gasteiger partial charge in [-0.1, -0.05) is 43.4 Å². The van der Waals surface area contributed by atoms with E-state index in [9.17, 15) is 4.79 Å². The summed E-state index contributed by atoms with van der Waals surface area (Å²) in [4.78, 5) is 12.0. The highest BCUT2D eigenvalue weighted by molar-refractivity contribution is 7.80. The number of carbonyl (C=O) groups excluding carboxylic acids is 1. The minimum Gasteiger partial charge on any atom is -0.299 e. The van der Waals surface area contributed by atoms with Crippen LogP contribution in [0, 0.1) is 5.92 Å². The molecule has 1 atom stereocenters. The van der Waals surface area contributed by atoms with Crippen molar-refractivity contribution in [2.45, 2.75) is 13.3 Å². The first-order chi connectivity index (χ1) is 9.65. The lowest BCUT2D eigenvalue weighted by Crippen LogP contribution is -2.42. The third kappa shape index (κ3) is 4.20. The zero-order valence-corrected chi connectivity index (χ0v) is 12.0. The highest BCUT2D eigenvalue weighted by atomic mass is 32.1. The number of anilines is 1. The second-order valence-corrected chi connectivity index (χ2v) is 5.04. The van der Waals surface area contributed by atoms with Crippen LogP contribution >= 0.6 is 12.2 Å². The van der Waals surface area contributed by atoms with Crippen LogP contribution in [0.15, 0.2) is 54.1 Å². The fourth-order valence-corrected chi connectivity index (χ4v) is 1.99. The van der Waals surface area contributed by atoms with E-state index in [1.165, 1.54) is 0 Å². The van der Waals surface area contributed by atoms with E-state index in [0.717, 1.165) is 12.1 Å². The Morgan fingerprint density at radius 1 is 1.30 bits per heavy atom. The van der Waals surface area contributed by atoms with Crippen LogP contribution in [0.5, 0.6) is 0 Å². The van der Waals surface area contributed by atoms with Crippen LogP contribution in [-0.2, 0) is 4.79 Å².